The Morgan fingerprint density at radius 3 is 1.35 bits per heavy atom. The molecule has 0 bridgehead atoms. The van der Waals surface area contributed by atoms with Crippen molar-refractivity contribution in [3.63, 3.8) is 0 Å². The van der Waals surface area contributed by atoms with Crippen LogP contribution in [-0.4, -0.2) is 19.2 Å². The van der Waals surface area contributed by atoms with Crippen molar-refractivity contribution in [2.75, 3.05) is 13.2 Å². The van der Waals surface area contributed by atoms with Crippen LogP contribution in [0.25, 0.3) is 11.1 Å². The highest BCUT2D eigenvalue weighted by Crippen LogP contribution is 2.25. The van der Waals surface area contributed by atoms with E-state index < -0.39 is 0 Å². The first kappa shape index (κ1) is 42.3. The van der Waals surface area contributed by atoms with E-state index in [2.05, 4.69) is 32.9 Å². The van der Waals surface area contributed by atoms with Gasteiger partial charge in [-0.25, -0.2) is 4.79 Å². The third-order valence-electron chi connectivity index (χ3n) is 10.0. The predicted octanol–water partition coefficient (Wildman–Crippen LogP) is 14.7. The molecule has 4 nitrogen and oxygen atoms in total. The monoisotopic (exact) mass is 699 g/mol. The number of unbranched alkanes of at least 4 members (excludes halogenated alkanes) is 20. The maximum Gasteiger partial charge on any atom is 0.343 e. The van der Waals surface area contributed by atoms with Crippen molar-refractivity contribution in [3.05, 3.63) is 83.9 Å². The van der Waals surface area contributed by atoms with Gasteiger partial charge in [-0.3, -0.25) is 0 Å². The van der Waals surface area contributed by atoms with E-state index in [1.165, 1.54) is 128 Å². The Morgan fingerprint density at radius 2 is 0.863 bits per heavy atom. The smallest absolute Gasteiger partial charge is 0.343 e. The molecular formula is C47H70O4. The quantitative estimate of drug-likeness (QED) is 0.0395. The molecule has 0 saturated heterocycles. The van der Waals surface area contributed by atoms with Crippen molar-refractivity contribution < 1.29 is 19.0 Å². The highest BCUT2D eigenvalue weighted by Gasteiger charge is 2.11. The Balaban J connectivity index is 1.20. The fraction of sp³-hybridized carbons (Fsp3) is 0.596. The van der Waals surface area contributed by atoms with Crippen LogP contribution < -0.4 is 9.47 Å². The van der Waals surface area contributed by atoms with Gasteiger partial charge in [-0.1, -0.05) is 179 Å². The molecule has 0 aromatic heterocycles. The average Bonchev–Trinajstić information content (AvgIpc) is 3.16. The van der Waals surface area contributed by atoms with E-state index in [1.54, 1.807) is 0 Å². The van der Waals surface area contributed by atoms with E-state index >= 15 is 0 Å². The third kappa shape index (κ3) is 18.8. The van der Waals surface area contributed by atoms with Crippen LogP contribution in [0.3, 0.4) is 0 Å². The molecule has 3 rings (SSSR count). The van der Waals surface area contributed by atoms with Gasteiger partial charge >= 0.3 is 5.97 Å². The zero-order chi connectivity index (χ0) is 36.2. The third-order valence-corrected chi connectivity index (χ3v) is 10.0. The van der Waals surface area contributed by atoms with Crippen LogP contribution in [0.15, 0.2) is 72.8 Å². The van der Waals surface area contributed by atoms with Gasteiger partial charge in [-0.2, -0.15) is 0 Å². The van der Waals surface area contributed by atoms with Crippen LogP contribution in [0.4, 0.5) is 0 Å². The molecule has 0 heterocycles. The lowest BCUT2D eigenvalue weighted by molar-refractivity contribution is 0.0627. The van der Waals surface area contributed by atoms with Crippen molar-refractivity contribution in [1.82, 2.24) is 0 Å². The molecule has 0 N–H and O–H groups in total. The summed E-state index contributed by atoms with van der Waals surface area (Å²) in [6.07, 6.45) is 29.7. The van der Waals surface area contributed by atoms with E-state index in [9.17, 15) is 4.79 Å². The summed E-state index contributed by atoms with van der Waals surface area (Å²) in [6.45, 7) is 8.13. The normalized spacial score (nSPS) is 11.8. The van der Waals surface area contributed by atoms with Crippen LogP contribution in [-0.2, 0) is 4.74 Å². The van der Waals surface area contributed by atoms with Gasteiger partial charge in [0.1, 0.15) is 11.5 Å². The van der Waals surface area contributed by atoms with Crippen LogP contribution in [0.2, 0.25) is 0 Å². The Hall–Kier alpha value is -3.11. The van der Waals surface area contributed by atoms with Gasteiger partial charge < -0.3 is 14.2 Å². The Labute approximate surface area is 312 Å². The molecule has 0 aliphatic rings. The lowest BCUT2D eigenvalue weighted by atomic mass is 10.0. The van der Waals surface area contributed by atoms with Gasteiger partial charge in [0, 0.05) is 6.61 Å². The van der Waals surface area contributed by atoms with Gasteiger partial charge in [-0.05, 0) is 72.9 Å². The number of carbonyl (C=O) groups is 1. The topological polar surface area (TPSA) is 44.8 Å². The fourth-order valence-electron chi connectivity index (χ4n) is 6.59. The van der Waals surface area contributed by atoms with Gasteiger partial charge in [0.2, 0.25) is 0 Å². The minimum atomic E-state index is -0.362. The summed E-state index contributed by atoms with van der Waals surface area (Å²) in [4.78, 5) is 12.8. The molecule has 0 aliphatic heterocycles. The molecular weight excluding hydrogens is 629 g/mol. The van der Waals surface area contributed by atoms with Crippen LogP contribution in [0.1, 0.15) is 184 Å². The van der Waals surface area contributed by atoms with E-state index in [4.69, 9.17) is 14.2 Å². The number of rotatable bonds is 30. The summed E-state index contributed by atoms with van der Waals surface area (Å²) in [5.41, 5.74) is 3.75. The molecule has 4 heteroatoms. The van der Waals surface area contributed by atoms with Crippen LogP contribution in [0.5, 0.6) is 11.5 Å². The summed E-state index contributed by atoms with van der Waals surface area (Å²) in [5.74, 6) is 1.07. The fourth-order valence-corrected chi connectivity index (χ4v) is 6.59. The van der Waals surface area contributed by atoms with Crippen molar-refractivity contribution in [3.8, 4) is 22.6 Å². The zero-order valence-corrected chi connectivity index (χ0v) is 32.6. The van der Waals surface area contributed by atoms with E-state index in [1.807, 2.05) is 60.7 Å². The Morgan fingerprint density at radius 1 is 0.471 bits per heavy atom. The first-order valence-corrected chi connectivity index (χ1v) is 20.9. The van der Waals surface area contributed by atoms with Gasteiger partial charge in [0.25, 0.3) is 0 Å². The second-order valence-corrected chi connectivity index (χ2v) is 14.5. The molecule has 51 heavy (non-hydrogen) atoms. The maximum absolute atomic E-state index is 12.8. The summed E-state index contributed by atoms with van der Waals surface area (Å²) in [5, 5.41) is 0. The number of esters is 1. The summed E-state index contributed by atoms with van der Waals surface area (Å²) in [7, 11) is 0. The second kappa shape index (κ2) is 27.5. The van der Waals surface area contributed by atoms with E-state index in [0.29, 0.717) is 11.3 Å². The number of ether oxygens (including phenoxy) is 3. The molecule has 0 fully saturated rings. The van der Waals surface area contributed by atoms with Gasteiger partial charge in [0.05, 0.1) is 18.3 Å². The molecule has 3 aromatic rings. The van der Waals surface area contributed by atoms with Crippen molar-refractivity contribution >= 4 is 5.97 Å². The number of hydrogen-bond donors (Lipinski definition) is 0. The largest absolute Gasteiger partial charge is 0.494 e. The Bertz CT molecular complexity index is 1270. The van der Waals surface area contributed by atoms with Crippen molar-refractivity contribution in [2.24, 2.45) is 0 Å². The molecule has 1 unspecified atom stereocenters. The summed E-state index contributed by atoms with van der Waals surface area (Å²) in [6, 6.07) is 23.4. The highest BCUT2D eigenvalue weighted by molar-refractivity contribution is 5.91. The van der Waals surface area contributed by atoms with Crippen molar-refractivity contribution in [1.29, 1.82) is 0 Å². The molecule has 0 amide bonds. The van der Waals surface area contributed by atoms with E-state index in [-0.39, 0.29) is 12.1 Å². The Kier molecular flexibility index (Phi) is 22.8. The summed E-state index contributed by atoms with van der Waals surface area (Å²) < 4.78 is 17.6. The molecule has 3 aromatic carbocycles. The maximum atomic E-state index is 12.8. The number of hydrogen-bond acceptors (Lipinski definition) is 4. The lowest BCUT2D eigenvalue weighted by Crippen LogP contribution is -2.08. The molecule has 1 atom stereocenters. The summed E-state index contributed by atoms with van der Waals surface area (Å²) >= 11 is 0. The van der Waals surface area contributed by atoms with Gasteiger partial charge in [0.15, 0.2) is 0 Å². The lowest BCUT2D eigenvalue weighted by Gasteiger charge is -2.14. The van der Waals surface area contributed by atoms with E-state index in [0.717, 1.165) is 48.5 Å². The molecule has 0 spiro atoms. The SMILES string of the molecule is CCCCCCCCCCCCCCCCCCCCOC(C)c1ccc(OC(=O)c2ccc(-c3ccc(OCCCCCC)cc3)cc2)cc1. The van der Waals surface area contributed by atoms with Crippen LogP contribution in [0, 0.1) is 0 Å². The van der Waals surface area contributed by atoms with Crippen molar-refractivity contribution in [2.45, 2.75) is 168 Å². The molecule has 0 aliphatic carbocycles. The molecule has 0 saturated carbocycles. The first-order chi connectivity index (χ1) is 25.1. The standard InChI is InChI=1S/C47H70O4/c1-4-6-8-10-11-12-13-14-15-16-17-18-19-20-21-22-23-25-38-49-40(3)41-30-36-46(37-31-41)51-47(48)44-28-26-42(27-29-44)43-32-34-45(35-33-43)50-39-24-9-7-5-2/h26-37,40H,4-25,38-39H2,1-3H3. The number of carbonyl (C=O) groups excluding carboxylic acids is 1. The average molecular weight is 699 g/mol. The second-order valence-electron chi connectivity index (χ2n) is 14.5. The number of benzene rings is 3. The minimum absolute atomic E-state index is 0.0134. The van der Waals surface area contributed by atoms with Crippen LogP contribution >= 0.6 is 0 Å². The van der Waals surface area contributed by atoms with Gasteiger partial charge in [-0.15, -0.1) is 0 Å². The predicted molar refractivity (Wildman–Crippen MR) is 216 cm³/mol. The first-order valence-electron chi connectivity index (χ1n) is 20.9. The zero-order valence-electron chi connectivity index (χ0n) is 32.6. The molecule has 0 radical (unpaired) electrons. The molecule has 282 valence electrons. The highest BCUT2D eigenvalue weighted by atomic mass is 16.5. The minimum Gasteiger partial charge on any atom is -0.494 e.